The lowest BCUT2D eigenvalue weighted by Gasteiger charge is -2.13. The van der Waals surface area contributed by atoms with Crippen molar-refractivity contribution >= 4 is 31.9 Å². The van der Waals surface area contributed by atoms with E-state index in [1.54, 1.807) is 0 Å². The Morgan fingerprint density at radius 2 is 2.06 bits per heavy atom. The summed E-state index contributed by atoms with van der Waals surface area (Å²) in [6.07, 6.45) is 1.87. The fourth-order valence-electron chi connectivity index (χ4n) is 1.51. The summed E-state index contributed by atoms with van der Waals surface area (Å²) in [4.78, 5) is 12.0. The summed E-state index contributed by atoms with van der Waals surface area (Å²) < 4.78 is 23.0. The Morgan fingerprint density at radius 1 is 1.44 bits per heavy atom. The minimum atomic E-state index is -3.80. The second-order valence-electron chi connectivity index (χ2n) is 4.70. The Bertz CT molecular complexity index is 609. The van der Waals surface area contributed by atoms with Gasteiger partial charge in [-0.2, -0.15) is 0 Å². The molecule has 98 valence electrons. The van der Waals surface area contributed by atoms with E-state index >= 15 is 0 Å². The maximum atomic E-state index is 12.0. The Hall–Kier alpha value is -0.920. The molecule has 2 rings (SSSR count). The van der Waals surface area contributed by atoms with Gasteiger partial charge in [-0.05, 0) is 53.9 Å². The first-order valence-corrected chi connectivity index (χ1v) is 7.70. The first-order valence-electron chi connectivity index (χ1n) is 5.36. The number of amides is 1. The average Bonchev–Trinajstić information content (AvgIpc) is 2.94. The summed E-state index contributed by atoms with van der Waals surface area (Å²) in [7, 11) is -3.80. The van der Waals surface area contributed by atoms with Gasteiger partial charge < -0.3 is 5.32 Å². The number of hydrogen-bond acceptors (Lipinski definition) is 3. The van der Waals surface area contributed by atoms with Crippen LogP contribution in [-0.4, -0.2) is 19.9 Å². The highest BCUT2D eigenvalue weighted by Gasteiger charge is 2.39. The van der Waals surface area contributed by atoms with Gasteiger partial charge in [0.2, 0.25) is 10.0 Å². The van der Waals surface area contributed by atoms with Crippen molar-refractivity contribution in [2.24, 2.45) is 5.14 Å². The van der Waals surface area contributed by atoms with Crippen molar-refractivity contribution < 1.29 is 13.2 Å². The van der Waals surface area contributed by atoms with Gasteiger partial charge in [-0.3, -0.25) is 4.79 Å². The lowest BCUT2D eigenvalue weighted by molar-refractivity contribution is 0.0934. The van der Waals surface area contributed by atoms with Gasteiger partial charge in [0.25, 0.3) is 5.91 Å². The van der Waals surface area contributed by atoms with Crippen LogP contribution in [0.25, 0.3) is 0 Å². The Balaban J connectivity index is 2.34. The summed E-state index contributed by atoms with van der Waals surface area (Å²) in [5, 5.41) is 7.90. The predicted octanol–water partition coefficient (Wildman–Crippen LogP) is 1.38. The molecule has 1 aliphatic rings. The van der Waals surface area contributed by atoms with Crippen molar-refractivity contribution in [3.05, 3.63) is 28.2 Å². The molecule has 1 aromatic carbocycles. The highest BCUT2D eigenvalue weighted by molar-refractivity contribution is 9.10. The molecule has 0 atom stereocenters. The van der Waals surface area contributed by atoms with E-state index in [0.717, 1.165) is 12.8 Å². The normalized spacial score (nSPS) is 17.3. The van der Waals surface area contributed by atoms with Crippen LogP contribution in [-0.2, 0) is 10.0 Å². The Kier molecular flexibility index (Phi) is 3.25. The van der Waals surface area contributed by atoms with Gasteiger partial charge in [-0.1, -0.05) is 0 Å². The number of primary sulfonamides is 1. The van der Waals surface area contributed by atoms with Crippen LogP contribution >= 0.6 is 15.9 Å². The Morgan fingerprint density at radius 3 is 2.56 bits per heavy atom. The molecule has 0 radical (unpaired) electrons. The van der Waals surface area contributed by atoms with Gasteiger partial charge >= 0.3 is 0 Å². The topological polar surface area (TPSA) is 89.3 Å². The summed E-state index contributed by atoms with van der Waals surface area (Å²) in [6, 6.07) is 4.14. The number of rotatable bonds is 3. The van der Waals surface area contributed by atoms with Crippen LogP contribution in [0.15, 0.2) is 27.6 Å². The van der Waals surface area contributed by atoms with E-state index in [4.69, 9.17) is 5.14 Å². The van der Waals surface area contributed by atoms with Gasteiger partial charge in [0.05, 0.1) is 10.5 Å². The molecule has 1 saturated carbocycles. The van der Waals surface area contributed by atoms with Crippen molar-refractivity contribution in [2.75, 3.05) is 0 Å². The molecule has 1 aromatic rings. The highest BCUT2D eigenvalue weighted by atomic mass is 79.9. The zero-order valence-corrected chi connectivity index (χ0v) is 12.1. The molecule has 0 unspecified atom stereocenters. The lowest BCUT2D eigenvalue weighted by atomic mass is 10.2. The molecule has 0 aromatic heterocycles. The number of carbonyl (C=O) groups excluding carboxylic acids is 1. The number of benzene rings is 1. The van der Waals surface area contributed by atoms with E-state index in [-0.39, 0.29) is 21.9 Å². The maximum Gasteiger partial charge on any atom is 0.252 e. The van der Waals surface area contributed by atoms with Gasteiger partial charge in [0.1, 0.15) is 0 Å². The van der Waals surface area contributed by atoms with Crippen LogP contribution in [0.4, 0.5) is 0 Å². The van der Waals surface area contributed by atoms with Crippen molar-refractivity contribution in [3.8, 4) is 0 Å². The van der Waals surface area contributed by atoms with E-state index in [9.17, 15) is 13.2 Å². The van der Waals surface area contributed by atoms with Crippen LogP contribution in [0.5, 0.6) is 0 Å². The molecule has 5 nitrogen and oxygen atoms in total. The molecule has 0 heterocycles. The van der Waals surface area contributed by atoms with Crippen LogP contribution in [0.3, 0.4) is 0 Å². The molecule has 0 spiro atoms. The third kappa shape index (κ3) is 2.90. The van der Waals surface area contributed by atoms with Crippen molar-refractivity contribution in [1.82, 2.24) is 5.32 Å². The molecular weight excluding hydrogens is 320 g/mol. The van der Waals surface area contributed by atoms with Gasteiger partial charge in [0.15, 0.2) is 0 Å². The predicted molar refractivity (Wildman–Crippen MR) is 70.6 cm³/mol. The van der Waals surface area contributed by atoms with E-state index in [1.807, 2.05) is 6.92 Å². The standard InChI is InChI=1S/C11H13BrN2O3S/c1-11(4-5-11)14-10(15)8-6-7(18(13,16)17)2-3-9(8)12/h2-3,6H,4-5H2,1H3,(H,14,15)(H2,13,16,17). The zero-order valence-electron chi connectivity index (χ0n) is 9.73. The van der Waals surface area contributed by atoms with Crippen molar-refractivity contribution in [3.63, 3.8) is 0 Å². The lowest BCUT2D eigenvalue weighted by Crippen LogP contribution is -2.34. The molecular formula is C11H13BrN2O3S. The number of carbonyl (C=O) groups is 1. The van der Waals surface area contributed by atoms with E-state index < -0.39 is 10.0 Å². The quantitative estimate of drug-likeness (QED) is 0.876. The highest BCUT2D eigenvalue weighted by Crippen LogP contribution is 2.35. The zero-order chi connectivity index (χ0) is 13.6. The molecule has 0 saturated heterocycles. The van der Waals surface area contributed by atoms with Crippen molar-refractivity contribution in [1.29, 1.82) is 0 Å². The first kappa shape index (κ1) is 13.5. The summed E-state index contributed by atoms with van der Waals surface area (Å²) in [5.74, 6) is -0.299. The minimum Gasteiger partial charge on any atom is -0.347 e. The molecule has 0 aliphatic heterocycles. The number of hydrogen-bond donors (Lipinski definition) is 2. The second-order valence-corrected chi connectivity index (χ2v) is 7.12. The monoisotopic (exact) mass is 332 g/mol. The van der Waals surface area contributed by atoms with Gasteiger partial charge in [-0.15, -0.1) is 0 Å². The van der Waals surface area contributed by atoms with E-state index in [2.05, 4.69) is 21.2 Å². The van der Waals surface area contributed by atoms with Gasteiger partial charge in [-0.25, -0.2) is 13.6 Å². The third-order valence-corrected chi connectivity index (χ3v) is 4.53. The number of sulfonamides is 1. The number of nitrogens with one attached hydrogen (secondary N) is 1. The average molecular weight is 333 g/mol. The van der Waals surface area contributed by atoms with E-state index in [0.29, 0.717) is 4.47 Å². The molecule has 18 heavy (non-hydrogen) atoms. The SMILES string of the molecule is CC1(NC(=O)c2cc(S(N)(=O)=O)ccc2Br)CC1. The van der Waals surface area contributed by atoms with Crippen LogP contribution < -0.4 is 10.5 Å². The Labute approximate surface area is 114 Å². The fourth-order valence-corrected chi connectivity index (χ4v) is 2.48. The van der Waals surface area contributed by atoms with Crippen LogP contribution in [0, 0.1) is 0 Å². The molecule has 1 amide bonds. The summed E-state index contributed by atoms with van der Waals surface area (Å²) >= 11 is 3.23. The van der Waals surface area contributed by atoms with Crippen LogP contribution in [0.2, 0.25) is 0 Å². The molecule has 0 bridgehead atoms. The maximum absolute atomic E-state index is 12.0. The fraction of sp³-hybridized carbons (Fsp3) is 0.364. The van der Waals surface area contributed by atoms with Crippen molar-refractivity contribution in [2.45, 2.75) is 30.2 Å². The van der Waals surface area contributed by atoms with Crippen LogP contribution in [0.1, 0.15) is 30.1 Å². The molecule has 1 fully saturated rings. The number of halogens is 1. The number of nitrogens with two attached hydrogens (primary N) is 1. The first-order chi connectivity index (χ1) is 8.21. The molecule has 3 N–H and O–H groups in total. The molecule has 1 aliphatic carbocycles. The summed E-state index contributed by atoms with van der Waals surface area (Å²) in [5.41, 5.74) is 0.114. The smallest absolute Gasteiger partial charge is 0.252 e. The largest absolute Gasteiger partial charge is 0.347 e. The minimum absolute atomic E-state index is 0.0724. The second kappa shape index (κ2) is 4.32. The summed E-state index contributed by atoms with van der Waals surface area (Å²) in [6.45, 7) is 1.95. The van der Waals surface area contributed by atoms with E-state index in [1.165, 1.54) is 18.2 Å². The van der Waals surface area contributed by atoms with Gasteiger partial charge in [0, 0.05) is 10.0 Å². The molecule has 7 heteroatoms. The third-order valence-electron chi connectivity index (χ3n) is 2.93.